The smallest absolute Gasteiger partial charge is 0.472 e. The lowest BCUT2D eigenvalue weighted by molar-refractivity contribution is -0.870. The van der Waals surface area contributed by atoms with Crippen molar-refractivity contribution < 1.29 is 51.5 Å². The van der Waals surface area contributed by atoms with Gasteiger partial charge in [-0.05, 0) is 160 Å². The Morgan fingerprint density at radius 1 is 0.810 bits per heavy atom. The number of rotatable bonds is 16. The quantitative estimate of drug-likeness (QED) is 0.0697. The molecule has 42 heavy (non-hydrogen) atoms. The Hall–Kier alpha value is 1.43. The highest BCUT2D eigenvalue weighted by Crippen LogP contribution is 2.43. The van der Waals surface area contributed by atoms with Gasteiger partial charge in [-0.2, -0.15) is 0 Å². The van der Waals surface area contributed by atoms with Crippen LogP contribution in [0.1, 0.15) is 0 Å². The van der Waals surface area contributed by atoms with Gasteiger partial charge in [-0.25, -0.2) is 14.2 Å². The Bertz CT molecular complexity index is 1310. The predicted octanol–water partition coefficient (Wildman–Crippen LogP) is 6.07. The molecule has 0 saturated heterocycles. The van der Waals surface area contributed by atoms with Gasteiger partial charge in [-0.3, -0.25) is 9.05 Å². The summed E-state index contributed by atoms with van der Waals surface area (Å²) in [6, 6.07) is 7.52. The Labute approximate surface area is 326 Å². The fourth-order valence-electron chi connectivity index (χ4n) is 2.76. The van der Waals surface area contributed by atoms with Gasteiger partial charge in [0.2, 0.25) is 0 Å². The molecule has 234 valence electrons. The van der Waals surface area contributed by atoms with Crippen LogP contribution in [-0.4, -0.2) is 88.1 Å². The van der Waals surface area contributed by atoms with Crippen molar-refractivity contribution in [2.24, 2.45) is 0 Å². The highest BCUT2D eigenvalue weighted by molar-refractivity contribution is 14.1. The summed E-state index contributed by atoms with van der Waals surface area (Å²) in [6.07, 6.45) is -1.22. The first-order valence-electron chi connectivity index (χ1n) is 11.8. The van der Waals surface area contributed by atoms with E-state index in [4.69, 9.17) is 28.0 Å². The SMILES string of the molecule is C[N+](C)(C)CCOP(=O)(O)OC[C@@H](COC(=O)COc1cc(I)cc(I)c1I)OC(=O)COc1cc(I)cc(I)c1I. The van der Waals surface area contributed by atoms with Crippen LogP contribution in [0.15, 0.2) is 24.3 Å². The number of phosphoric ester groups is 1. The van der Waals surface area contributed by atoms with Crippen molar-refractivity contribution in [3.63, 3.8) is 0 Å². The highest BCUT2D eigenvalue weighted by Gasteiger charge is 2.27. The van der Waals surface area contributed by atoms with Gasteiger partial charge >= 0.3 is 19.8 Å². The summed E-state index contributed by atoms with van der Waals surface area (Å²) in [4.78, 5) is 35.2. The van der Waals surface area contributed by atoms with Gasteiger partial charge in [0.1, 0.15) is 31.3 Å². The molecule has 18 heteroatoms. The Morgan fingerprint density at radius 2 is 1.31 bits per heavy atom. The number of phosphoric acid groups is 1. The summed E-state index contributed by atoms with van der Waals surface area (Å²) in [6.45, 7) is -1.44. The molecule has 0 amide bonds. The van der Waals surface area contributed by atoms with Crippen molar-refractivity contribution in [2.75, 3.05) is 60.7 Å². The number of carbonyl (C=O) groups excluding carboxylic acids is 2. The third-order valence-corrected chi connectivity index (χ3v) is 13.0. The van der Waals surface area contributed by atoms with E-state index in [9.17, 15) is 19.0 Å². The number of quaternary nitrogens is 1. The fraction of sp³-hybridized carbons (Fsp3) is 0.417. The molecule has 0 heterocycles. The van der Waals surface area contributed by atoms with Gasteiger partial charge in [0.15, 0.2) is 19.3 Å². The van der Waals surface area contributed by atoms with Gasteiger partial charge < -0.3 is 28.3 Å². The topological polar surface area (TPSA) is 127 Å². The van der Waals surface area contributed by atoms with Crippen LogP contribution in [-0.2, 0) is 32.7 Å². The van der Waals surface area contributed by atoms with Crippen molar-refractivity contribution >= 4 is 155 Å². The molecule has 2 aromatic rings. The summed E-state index contributed by atoms with van der Waals surface area (Å²) in [5.41, 5.74) is 0. The minimum absolute atomic E-state index is 0.0363. The molecular weight excluding hydrogens is 1250 g/mol. The fourth-order valence-corrected chi connectivity index (χ4v) is 8.02. The third-order valence-electron chi connectivity index (χ3n) is 4.78. The zero-order chi connectivity index (χ0) is 31.7. The van der Waals surface area contributed by atoms with Crippen LogP contribution in [0.5, 0.6) is 11.5 Å². The van der Waals surface area contributed by atoms with Crippen LogP contribution in [0.2, 0.25) is 0 Å². The van der Waals surface area contributed by atoms with Gasteiger partial charge in [0.25, 0.3) is 0 Å². The second-order valence-electron chi connectivity index (χ2n) is 9.38. The van der Waals surface area contributed by atoms with Crippen LogP contribution in [0.3, 0.4) is 0 Å². The summed E-state index contributed by atoms with van der Waals surface area (Å²) >= 11 is 12.9. The minimum atomic E-state index is -4.47. The van der Waals surface area contributed by atoms with E-state index in [1.165, 1.54) is 0 Å². The number of likely N-dealkylation sites (N-methyl/N-ethyl adjacent to an activating group) is 1. The monoisotopic (exact) mass is 1280 g/mol. The molecule has 2 aromatic carbocycles. The van der Waals surface area contributed by atoms with Crippen LogP contribution in [0.4, 0.5) is 0 Å². The summed E-state index contributed by atoms with van der Waals surface area (Å²) < 4.78 is 50.4. The van der Waals surface area contributed by atoms with E-state index < -0.39 is 52.3 Å². The molecule has 2 atom stereocenters. The number of benzene rings is 2. The van der Waals surface area contributed by atoms with E-state index in [1.54, 1.807) is 12.1 Å². The number of carbonyl (C=O) groups is 2. The first kappa shape index (κ1) is 39.6. The second kappa shape index (κ2) is 18.7. The summed E-state index contributed by atoms with van der Waals surface area (Å²) in [7, 11) is 1.24. The molecule has 2 rings (SSSR count). The molecule has 1 unspecified atom stereocenters. The normalized spacial score (nSPS) is 13.7. The number of hydrogen-bond acceptors (Lipinski definition) is 9. The van der Waals surface area contributed by atoms with Gasteiger partial charge in [-0.15, -0.1) is 0 Å². The van der Waals surface area contributed by atoms with E-state index in [0.29, 0.717) is 22.5 Å². The van der Waals surface area contributed by atoms with E-state index >= 15 is 0 Å². The number of nitrogens with zero attached hydrogens (tertiary/aromatic N) is 1. The molecule has 1 N–H and O–H groups in total. The molecule has 0 aliphatic heterocycles. The second-order valence-corrected chi connectivity index (χ2v) is 17.8. The highest BCUT2D eigenvalue weighted by atomic mass is 127. The van der Waals surface area contributed by atoms with E-state index in [2.05, 4.69) is 136 Å². The van der Waals surface area contributed by atoms with Crippen molar-refractivity contribution in [3.8, 4) is 11.5 Å². The first-order valence-corrected chi connectivity index (χ1v) is 19.7. The average molecular weight is 1280 g/mol. The van der Waals surface area contributed by atoms with E-state index in [-0.39, 0.29) is 6.61 Å². The standard InChI is InChI=1S/C24H26I6NO10P/c1-31(2,3)4-5-39-42(34,35)40-11-16(41-22(33)13-37-20-9-15(26)7-18(28)24(20)30)10-38-21(32)12-36-19-8-14(25)6-17(27)23(19)29/h6-9,16H,4-5,10-13H2,1-3H3/p+1/t16-/m1/s1. The van der Waals surface area contributed by atoms with Gasteiger partial charge in [0.05, 0.1) is 34.9 Å². The van der Waals surface area contributed by atoms with Crippen LogP contribution in [0, 0.1) is 21.4 Å². The van der Waals surface area contributed by atoms with Crippen molar-refractivity contribution in [3.05, 3.63) is 45.7 Å². The molecule has 0 saturated carbocycles. The average Bonchev–Trinajstić information content (AvgIpc) is 2.87. The molecule has 11 nitrogen and oxygen atoms in total. The minimum Gasteiger partial charge on any atom is -0.481 e. The van der Waals surface area contributed by atoms with Crippen molar-refractivity contribution in [1.29, 1.82) is 0 Å². The van der Waals surface area contributed by atoms with Gasteiger partial charge in [-0.1, -0.05) is 0 Å². The predicted molar refractivity (Wildman–Crippen MR) is 206 cm³/mol. The number of ether oxygens (including phenoxy) is 4. The van der Waals surface area contributed by atoms with Crippen molar-refractivity contribution in [1.82, 2.24) is 0 Å². The molecule has 0 aliphatic carbocycles. The number of esters is 2. The van der Waals surface area contributed by atoms with Crippen molar-refractivity contribution in [2.45, 2.75) is 6.10 Å². The summed E-state index contributed by atoms with van der Waals surface area (Å²) in [5, 5.41) is 0. The molecule has 0 radical (unpaired) electrons. The van der Waals surface area contributed by atoms with Crippen LogP contribution < -0.4 is 9.47 Å². The first-order chi connectivity index (χ1) is 19.5. The Balaban J connectivity index is 2.01. The lowest BCUT2D eigenvalue weighted by Crippen LogP contribution is -2.37. The molecule has 0 spiro atoms. The lowest BCUT2D eigenvalue weighted by Gasteiger charge is -2.24. The lowest BCUT2D eigenvalue weighted by atomic mass is 10.3. The van der Waals surface area contributed by atoms with Gasteiger partial charge in [0, 0.05) is 14.3 Å². The molecule has 0 bridgehead atoms. The van der Waals surface area contributed by atoms with Crippen LogP contribution >= 0.6 is 143 Å². The number of halogens is 6. The maximum absolute atomic E-state index is 12.6. The Kier molecular flexibility index (Phi) is 17.6. The van der Waals surface area contributed by atoms with Crippen LogP contribution in [0.25, 0.3) is 0 Å². The molecule has 0 aromatic heterocycles. The number of hydrogen-bond donors (Lipinski definition) is 1. The largest absolute Gasteiger partial charge is 0.481 e. The third kappa shape index (κ3) is 15.3. The maximum atomic E-state index is 12.6. The van der Waals surface area contributed by atoms with E-state index in [1.807, 2.05) is 33.3 Å². The molecule has 0 aliphatic rings. The zero-order valence-corrected chi connectivity index (χ0v) is 36.3. The summed E-state index contributed by atoms with van der Waals surface area (Å²) in [5.74, 6) is -0.487. The Morgan fingerprint density at radius 3 is 1.81 bits per heavy atom. The maximum Gasteiger partial charge on any atom is 0.472 e. The molecule has 0 fully saturated rings. The van der Waals surface area contributed by atoms with E-state index in [0.717, 1.165) is 21.4 Å². The zero-order valence-electron chi connectivity index (χ0n) is 22.4. The molecular formula is C24H27I6NO10P+.